The van der Waals surface area contributed by atoms with Gasteiger partial charge in [-0.15, -0.1) is 0 Å². The Bertz CT molecular complexity index is 1280. The summed E-state index contributed by atoms with van der Waals surface area (Å²) < 4.78 is 0. The maximum Gasteiger partial charge on any atom is 0.294 e. The van der Waals surface area contributed by atoms with Crippen molar-refractivity contribution < 1.29 is 24.7 Å². The van der Waals surface area contributed by atoms with Gasteiger partial charge in [-0.05, 0) is 85.8 Å². The molecule has 4 aliphatic rings. The van der Waals surface area contributed by atoms with E-state index in [4.69, 9.17) is 0 Å². The van der Waals surface area contributed by atoms with Gasteiger partial charge < -0.3 is 30.6 Å². The Hall–Kier alpha value is -3.70. The smallest absolute Gasteiger partial charge is 0.294 e. The van der Waals surface area contributed by atoms with Crippen molar-refractivity contribution in [3.05, 3.63) is 51.6 Å². The Morgan fingerprint density at radius 1 is 0.756 bits per heavy atom. The molecule has 0 saturated carbocycles. The normalized spacial score (nSPS) is 19.4. The molecule has 2 amide bonds. The third kappa shape index (κ3) is 6.79. The van der Waals surface area contributed by atoms with Gasteiger partial charge in [0.1, 0.15) is 5.69 Å². The highest BCUT2D eigenvalue weighted by Gasteiger charge is 2.28. The van der Waals surface area contributed by atoms with Crippen LogP contribution in [0.1, 0.15) is 49.7 Å². The summed E-state index contributed by atoms with van der Waals surface area (Å²) in [7, 11) is 0. The molecule has 6 rings (SSSR count). The molecule has 2 aromatic carbocycles. The predicted octanol–water partition coefficient (Wildman–Crippen LogP) is 3.47. The van der Waals surface area contributed by atoms with E-state index < -0.39 is 4.92 Å². The summed E-state index contributed by atoms with van der Waals surface area (Å²) in [5, 5.41) is 35.4. The number of anilines is 4. The Kier molecular flexibility index (Phi) is 9.04. The fourth-order valence-corrected chi connectivity index (χ4v) is 6.10. The summed E-state index contributed by atoms with van der Waals surface area (Å²) in [5.74, 6) is 0.766. The summed E-state index contributed by atoms with van der Waals surface area (Å²) in [6.45, 7) is 3.91. The lowest BCUT2D eigenvalue weighted by atomic mass is 9.96. The Morgan fingerprint density at radius 2 is 1.29 bits per heavy atom. The zero-order valence-electron chi connectivity index (χ0n) is 23.3. The van der Waals surface area contributed by atoms with Crippen LogP contribution in [0.15, 0.2) is 30.3 Å². The minimum atomic E-state index is -0.394. The van der Waals surface area contributed by atoms with Crippen LogP contribution in [0.2, 0.25) is 0 Å². The van der Waals surface area contributed by atoms with Crippen LogP contribution in [0, 0.1) is 22.0 Å². The van der Waals surface area contributed by atoms with Crippen molar-refractivity contribution in [1.82, 2.24) is 0 Å². The number of nitrogens with zero attached hydrogens (tertiary/aromatic N) is 3. The number of nitro groups is 1. The second-order valence-electron chi connectivity index (χ2n) is 11.4. The molecule has 41 heavy (non-hydrogen) atoms. The number of nitro benzene ring substituents is 1. The average Bonchev–Trinajstić information content (AvgIpc) is 3.00. The number of piperidine rings is 2. The number of amides is 2. The van der Waals surface area contributed by atoms with E-state index in [1.165, 1.54) is 17.3 Å². The molecule has 4 aliphatic heterocycles. The van der Waals surface area contributed by atoms with Gasteiger partial charge in [0.25, 0.3) is 5.69 Å². The fraction of sp³-hybridized carbons (Fsp3) is 0.533. The van der Waals surface area contributed by atoms with Gasteiger partial charge in [-0.3, -0.25) is 19.7 Å². The molecular formula is C30H39N5O6. The number of aliphatic hydroxyl groups excluding tert-OH is 2. The van der Waals surface area contributed by atoms with Gasteiger partial charge in [0.15, 0.2) is 0 Å². The number of hydrogen-bond donors (Lipinski definition) is 4. The molecule has 0 aliphatic carbocycles. The van der Waals surface area contributed by atoms with E-state index in [2.05, 4.69) is 27.7 Å². The van der Waals surface area contributed by atoms with Crippen molar-refractivity contribution in [2.45, 2.75) is 51.4 Å². The first-order chi connectivity index (χ1) is 19.8. The van der Waals surface area contributed by atoms with Crippen LogP contribution in [-0.2, 0) is 22.4 Å². The van der Waals surface area contributed by atoms with E-state index in [0.29, 0.717) is 56.3 Å². The van der Waals surface area contributed by atoms with E-state index in [1.54, 1.807) is 0 Å². The van der Waals surface area contributed by atoms with Crippen molar-refractivity contribution in [3.63, 3.8) is 0 Å². The van der Waals surface area contributed by atoms with Crippen molar-refractivity contribution in [1.29, 1.82) is 0 Å². The maximum absolute atomic E-state index is 11.4. The minimum Gasteiger partial charge on any atom is -0.396 e. The number of aryl methyl sites for hydroxylation is 2. The standard InChI is InChI=1S/C15H19N3O4.C15H20N2O2/c19-9-10-3-5-17(6-4-10)13-7-11-1-2-15(20)16-12(11)8-14(13)18(21)22;18-10-11-5-7-17(8-6-11)13-2-3-14-12(9-13)1-4-15(19)16-14/h7-8,10,19H,1-6,9H2,(H,16,20);2-3,9,11,18H,1,4-8,10H2,(H,16,19). The number of nitrogens with one attached hydrogen (secondary N) is 2. The van der Waals surface area contributed by atoms with E-state index in [-0.39, 0.29) is 30.0 Å². The first-order valence-corrected chi connectivity index (χ1v) is 14.6. The average molecular weight is 566 g/mol. The number of aliphatic hydroxyl groups is 2. The molecule has 0 radical (unpaired) electrons. The third-order valence-electron chi connectivity index (χ3n) is 8.73. The number of carbonyl (C=O) groups is 2. The van der Waals surface area contributed by atoms with Gasteiger partial charge in [-0.1, -0.05) is 0 Å². The Balaban J connectivity index is 0.000000166. The topological polar surface area (TPSA) is 148 Å². The highest BCUT2D eigenvalue weighted by atomic mass is 16.6. The summed E-state index contributed by atoms with van der Waals surface area (Å²) in [5.41, 5.74) is 5.60. The zero-order chi connectivity index (χ0) is 28.9. The van der Waals surface area contributed by atoms with Gasteiger partial charge in [0, 0.05) is 69.7 Å². The largest absolute Gasteiger partial charge is 0.396 e. The van der Waals surface area contributed by atoms with Crippen molar-refractivity contribution in [2.75, 3.05) is 59.8 Å². The van der Waals surface area contributed by atoms with Crippen LogP contribution in [-0.4, -0.2) is 66.3 Å². The molecule has 0 bridgehead atoms. The Morgan fingerprint density at radius 3 is 1.85 bits per heavy atom. The lowest BCUT2D eigenvalue weighted by molar-refractivity contribution is -0.384. The van der Waals surface area contributed by atoms with Crippen LogP contribution in [0.25, 0.3) is 0 Å². The van der Waals surface area contributed by atoms with Gasteiger partial charge in [-0.25, -0.2) is 0 Å². The van der Waals surface area contributed by atoms with E-state index in [1.807, 2.05) is 17.0 Å². The summed E-state index contributed by atoms with van der Waals surface area (Å²) in [6, 6.07) is 9.61. The molecule has 0 unspecified atom stereocenters. The van der Waals surface area contributed by atoms with Crippen LogP contribution >= 0.6 is 0 Å². The summed E-state index contributed by atoms with van der Waals surface area (Å²) in [6.07, 6.45) is 6.23. The molecule has 11 nitrogen and oxygen atoms in total. The highest BCUT2D eigenvalue weighted by molar-refractivity contribution is 5.95. The van der Waals surface area contributed by atoms with Crippen LogP contribution < -0.4 is 20.4 Å². The molecule has 4 N–H and O–H groups in total. The van der Waals surface area contributed by atoms with Crippen molar-refractivity contribution in [2.24, 2.45) is 11.8 Å². The van der Waals surface area contributed by atoms with Crippen LogP contribution in [0.5, 0.6) is 0 Å². The predicted molar refractivity (Wildman–Crippen MR) is 157 cm³/mol. The maximum atomic E-state index is 11.4. The number of fused-ring (bicyclic) bond motifs is 2. The number of benzene rings is 2. The SMILES string of the molecule is O=C1CCc2cc(N3CCC(CO)CC3)c([N+](=O)[O-])cc2N1.O=C1CCc2cc(N3CCC(CO)CC3)ccc2N1. The zero-order valence-corrected chi connectivity index (χ0v) is 23.3. The molecule has 0 spiro atoms. The lowest BCUT2D eigenvalue weighted by Gasteiger charge is -2.33. The number of hydrogen-bond acceptors (Lipinski definition) is 8. The van der Waals surface area contributed by atoms with Crippen LogP contribution in [0.3, 0.4) is 0 Å². The monoisotopic (exact) mass is 565 g/mol. The molecule has 2 saturated heterocycles. The molecule has 0 aromatic heterocycles. The molecular weight excluding hydrogens is 526 g/mol. The molecule has 4 heterocycles. The molecule has 11 heteroatoms. The summed E-state index contributed by atoms with van der Waals surface area (Å²) >= 11 is 0. The fourth-order valence-electron chi connectivity index (χ4n) is 6.10. The molecule has 2 fully saturated rings. The van der Waals surface area contributed by atoms with Gasteiger partial charge >= 0.3 is 0 Å². The third-order valence-corrected chi connectivity index (χ3v) is 8.73. The lowest BCUT2D eigenvalue weighted by Crippen LogP contribution is -2.35. The molecule has 220 valence electrons. The first kappa shape index (κ1) is 28.8. The van der Waals surface area contributed by atoms with Gasteiger partial charge in [0.2, 0.25) is 11.8 Å². The van der Waals surface area contributed by atoms with E-state index in [9.17, 15) is 29.9 Å². The Labute approximate surface area is 239 Å². The van der Waals surface area contributed by atoms with Crippen molar-refractivity contribution in [3.8, 4) is 0 Å². The second kappa shape index (κ2) is 12.9. The van der Waals surface area contributed by atoms with Gasteiger partial charge in [-0.2, -0.15) is 0 Å². The number of carbonyl (C=O) groups excluding carboxylic acids is 2. The first-order valence-electron chi connectivity index (χ1n) is 14.6. The second-order valence-corrected chi connectivity index (χ2v) is 11.4. The highest BCUT2D eigenvalue weighted by Crippen LogP contribution is 2.38. The van der Waals surface area contributed by atoms with Crippen LogP contribution in [0.4, 0.5) is 28.4 Å². The number of rotatable bonds is 5. The molecule has 2 aromatic rings. The quantitative estimate of drug-likeness (QED) is 0.318. The summed E-state index contributed by atoms with van der Waals surface area (Å²) in [4.78, 5) is 38.2. The van der Waals surface area contributed by atoms with Gasteiger partial charge in [0.05, 0.1) is 10.6 Å². The van der Waals surface area contributed by atoms with Crippen molar-refractivity contribution >= 4 is 40.3 Å². The minimum absolute atomic E-state index is 0.0309. The molecule has 0 atom stereocenters. The van der Waals surface area contributed by atoms with E-state index >= 15 is 0 Å². The van der Waals surface area contributed by atoms with E-state index in [0.717, 1.165) is 56.4 Å².